The Morgan fingerprint density at radius 3 is 2.41 bits per heavy atom. The lowest BCUT2D eigenvalue weighted by atomic mass is 10.1. The van der Waals surface area contributed by atoms with Gasteiger partial charge in [-0.3, -0.25) is 14.5 Å². The van der Waals surface area contributed by atoms with Gasteiger partial charge in [-0.1, -0.05) is 6.08 Å². The van der Waals surface area contributed by atoms with E-state index in [4.69, 9.17) is 5.11 Å². The van der Waals surface area contributed by atoms with Crippen LogP contribution in [0.3, 0.4) is 0 Å². The molecule has 5 heteroatoms. The van der Waals surface area contributed by atoms with Crippen LogP contribution in [0.15, 0.2) is 12.7 Å². The van der Waals surface area contributed by atoms with Gasteiger partial charge in [0, 0.05) is 18.6 Å². The Morgan fingerprint density at radius 1 is 1.41 bits per heavy atom. The molecule has 0 unspecified atom stereocenters. The minimum atomic E-state index is -0.856. The molecule has 5 nitrogen and oxygen atoms in total. The van der Waals surface area contributed by atoms with Crippen molar-refractivity contribution in [3.8, 4) is 0 Å². The number of aliphatic carboxylic acids is 1. The molecule has 0 atom stereocenters. The molecule has 98 valence electrons. The predicted octanol–water partition coefficient (Wildman–Crippen LogP) is 0.864. The van der Waals surface area contributed by atoms with Gasteiger partial charge in [0.25, 0.3) is 0 Å². The number of carbonyl (C=O) groups excluding carboxylic acids is 1. The van der Waals surface area contributed by atoms with Gasteiger partial charge in [0.2, 0.25) is 5.91 Å². The zero-order valence-corrected chi connectivity index (χ0v) is 10.8. The van der Waals surface area contributed by atoms with E-state index in [0.717, 1.165) is 0 Å². The number of carboxylic acids is 1. The molecule has 0 aromatic carbocycles. The number of amides is 1. The average Bonchev–Trinajstić information content (AvgIpc) is 2.19. The Hall–Kier alpha value is -1.36. The van der Waals surface area contributed by atoms with Gasteiger partial charge in [0.1, 0.15) is 0 Å². The fourth-order valence-corrected chi connectivity index (χ4v) is 1.30. The number of carboxylic acid groups (broad SMARTS) is 1. The van der Waals surface area contributed by atoms with Crippen molar-refractivity contribution in [2.45, 2.75) is 32.7 Å². The van der Waals surface area contributed by atoms with Gasteiger partial charge in [-0.25, -0.2) is 0 Å². The van der Waals surface area contributed by atoms with Crippen LogP contribution in [-0.2, 0) is 9.59 Å². The summed E-state index contributed by atoms with van der Waals surface area (Å²) in [5.41, 5.74) is -0.235. The van der Waals surface area contributed by atoms with E-state index in [-0.39, 0.29) is 24.4 Å². The summed E-state index contributed by atoms with van der Waals surface area (Å²) in [7, 11) is 0. The fourth-order valence-electron chi connectivity index (χ4n) is 1.30. The van der Waals surface area contributed by atoms with Crippen molar-refractivity contribution in [2.75, 3.05) is 19.6 Å². The molecule has 0 fully saturated rings. The SMILES string of the molecule is C=CCNC(=O)CN(CCC(=O)O)C(C)(C)C. The quantitative estimate of drug-likeness (QED) is 0.650. The Morgan fingerprint density at radius 2 is 2.00 bits per heavy atom. The summed E-state index contributed by atoms with van der Waals surface area (Å²) in [6.45, 7) is 10.4. The van der Waals surface area contributed by atoms with Gasteiger partial charge in [0.15, 0.2) is 0 Å². The van der Waals surface area contributed by atoms with Crippen LogP contribution in [0.25, 0.3) is 0 Å². The highest BCUT2D eigenvalue weighted by atomic mass is 16.4. The van der Waals surface area contributed by atoms with Gasteiger partial charge in [0.05, 0.1) is 13.0 Å². The number of hydrogen-bond donors (Lipinski definition) is 2. The van der Waals surface area contributed by atoms with E-state index >= 15 is 0 Å². The third-order valence-electron chi connectivity index (χ3n) is 2.32. The zero-order valence-electron chi connectivity index (χ0n) is 10.8. The largest absolute Gasteiger partial charge is 0.481 e. The second-order valence-corrected chi connectivity index (χ2v) is 4.83. The van der Waals surface area contributed by atoms with Crippen molar-refractivity contribution in [2.24, 2.45) is 0 Å². The van der Waals surface area contributed by atoms with Crippen LogP contribution in [0.2, 0.25) is 0 Å². The molecule has 0 aliphatic carbocycles. The maximum absolute atomic E-state index is 11.6. The van der Waals surface area contributed by atoms with E-state index in [0.29, 0.717) is 13.1 Å². The summed E-state index contributed by atoms with van der Waals surface area (Å²) in [6.07, 6.45) is 1.64. The Bertz CT molecular complexity index is 282. The average molecular weight is 242 g/mol. The zero-order chi connectivity index (χ0) is 13.5. The topological polar surface area (TPSA) is 69.6 Å². The minimum absolute atomic E-state index is 0.0337. The van der Waals surface area contributed by atoms with Crippen LogP contribution in [0.1, 0.15) is 27.2 Å². The van der Waals surface area contributed by atoms with Crippen molar-refractivity contribution in [1.82, 2.24) is 10.2 Å². The van der Waals surface area contributed by atoms with E-state index in [1.165, 1.54) is 0 Å². The summed E-state index contributed by atoms with van der Waals surface area (Å²) >= 11 is 0. The highest BCUT2D eigenvalue weighted by Gasteiger charge is 2.23. The van der Waals surface area contributed by atoms with Gasteiger partial charge < -0.3 is 10.4 Å². The van der Waals surface area contributed by atoms with E-state index in [2.05, 4.69) is 11.9 Å². The third kappa shape index (κ3) is 7.52. The summed E-state index contributed by atoms with van der Waals surface area (Å²) in [5.74, 6) is -0.976. The lowest BCUT2D eigenvalue weighted by molar-refractivity contribution is -0.138. The Balaban J connectivity index is 4.33. The molecule has 0 saturated carbocycles. The maximum Gasteiger partial charge on any atom is 0.304 e. The minimum Gasteiger partial charge on any atom is -0.481 e. The first kappa shape index (κ1) is 15.6. The van der Waals surface area contributed by atoms with E-state index in [9.17, 15) is 9.59 Å². The molecule has 0 bridgehead atoms. The molecule has 1 amide bonds. The monoisotopic (exact) mass is 242 g/mol. The molecule has 0 aliphatic rings. The molecular weight excluding hydrogens is 220 g/mol. The van der Waals surface area contributed by atoms with Crippen LogP contribution >= 0.6 is 0 Å². The molecule has 0 aliphatic heterocycles. The number of carbonyl (C=O) groups is 2. The molecule has 0 radical (unpaired) electrons. The molecule has 0 rings (SSSR count). The molecule has 17 heavy (non-hydrogen) atoms. The van der Waals surface area contributed by atoms with Crippen molar-refractivity contribution < 1.29 is 14.7 Å². The van der Waals surface area contributed by atoms with Crippen LogP contribution in [0.4, 0.5) is 0 Å². The highest BCUT2D eigenvalue weighted by Crippen LogP contribution is 2.13. The summed E-state index contributed by atoms with van der Waals surface area (Å²) in [6, 6.07) is 0. The first-order valence-electron chi connectivity index (χ1n) is 5.62. The smallest absolute Gasteiger partial charge is 0.304 e. The van der Waals surface area contributed by atoms with E-state index in [1.54, 1.807) is 6.08 Å². The van der Waals surface area contributed by atoms with Crippen LogP contribution in [0.5, 0.6) is 0 Å². The highest BCUT2D eigenvalue weighted by molar-refractivity contribution is 5.78. The first-order valence-corrected chi connectivity index (χ1v) is 5.62. The van der Waals surface area contributed by atoms with Gasteiger partial charge in [-0.2, -0.15) is 0 Å². The number of nitrogens with zero attached hydrogens (tertiary/aromatic N) is 1. The van der Waals surface area contributed by atoms with Crippen LogP contribution < -0.4 is 5.32 Å². The fraction of sp³-hybridized carbons (Fsp3) is 0.667. The molecule has 2 N–H and O–H groups in total. The molecule has 0 saturated heterocycles. The Kier molecular flexibility index (Phi) is 6.50. The Labute approximate surface area is 102 Å². The predicted molar refractivity (Wildman–Crippen MR) is 66.8 cm³/mol. The molecule has 0 heterocycles. The van der Waals surface area contributed by atoms with Crippen molar-refractivity contribution in [3.05, 3.63) is 12.7 Å². The molecule has 0 aromatic heterocycles. The second kappa shape index (κ2) is 7.06. The van der Waals surface area contributed by atoms with Crippen molar-refractivity contribution in [3.63, 3.8) is 0 Å². The summed E-state index contributed by atoms with van der Waals surface area (Å²) in [4.78, 5) is 24.0. The lowest BCUT2D eigenvalue weighted by Crippen LogP contribution is -2.48. The van der Waals surface area contributed by atoms with Crippen LogP contribution in [-0.4, -0.2) is 47.1 Å². The first-order chi connectivity index (χ1) is 7.77. The van der Waals surface area contributed by atoms with Gasteiger partial charge >= 0.3 is 5.97 Å². The third-order valence-corrected chi connectivity index (χ3v) is 2.32. The standard InChI is InChI=1S/C12H22N2O3/c1-5-7-13-10(15)9-14(12(2,3)4)8-6-11(16)17/h5H,1,6-9H2,2-4H3,(H,13,15)(H,16,17). The number of hydrogen-bond acceptors (Lipinski definition) is 3. The van der Waals surface area contributed by atoms with Crippen molar-refractivity contribution in [1.29, 1.82) is 0 Å². The van der Waals surface area contributed by atoms with Gasteiger partial charge in [-0.15, -0.1) is 6.58 Å². The molecular formula is C12H22N2O3. The van der Waals surface area contributed by atoms with E-state index < -0.39 is 5.97 Å². The summed E-state index contributed by atoms with van der Waals surface area (Å²) in [5, 5.41) is 11.3. The summed E-state index contributed by atoms with van der Waals surface area (Å²) < 4.78 is 0. The number of nitrogens with one attached hydrogen (secondary N) is 1. The van der Waals surface area contributed by atoms with Crippen molar-refractivity contribution >= 4 is 11.9 Å². The van der Waals surface area contributed by atoms with Gasteiger partial charge in [-0.05, 0) is 20.8 Å². The van der Waals surface area contributed by atoms with E-state index in [1.807, 2.05) is 25.7 Å². The lowest BCUT2D eigenvalue weighted by Gasteiger charge is -2.34. The second-order valence-electron chi connectivity index (χ2n) is 4.83. The number of rotatable bonds is 7. The molecule has 0 aromatic rings. The molecule has 0 spiro atoms. The normalized spacial score (nSPS) is 11.3. The van der Waals surface area contributed by atoms with Crippen LogP contribution in [0, 0.1) is 0 Å². The maximum atomic E-state index is 11.6.